The number of nitrogens with one attached hydrogen (secondary N) is 2. The molecular weight excluding hydrogens is 355 g/mol. The summed E-state index contributed by atoms with van der Waals surface area (Å²) in [5, 5.41) is 3.56. The van der Waals surface area contributed by atoms with Crippen LogP contribution in [0.5, 0.6) is 0 Å². The van der Waals surface area contributed by atoms with Crippen LogP contribution in [0.4, 0.5) is 19.0 Å². The van der Waals surface area contributed by atoms with Crippen LogP contribution < -0.4 is 5.32 Å². The second-order valence-electron chi connectivity index (χ2n) is 5.37. The maximum atomic E-state index is 12.9. The summed E-state index contributed by atoms with van der Waals surface area (Å²) >= 11 is 0.877. The molecule has 0 saturated heterocycles. The van der Waals surface area contributed by atoms with Gasteiger partial charge in [0.15, 0.2) is 5.82 Å². The molecule has 10 heteroatoms. The average molecular weight is 365 g/mol. The summed E-state index contributed by atoms with van der Waals surface area (Å²) in [6.45, 7) is 0. The molecule has 0 unspecified atom stereocenters. The Hall–Kier alpha value is -2.88. The summed E-state index contributed by atoms with van der Waals surface area (Å²) in [5.74, 6) is -0.246. The summed E-state index contributed by atoms with van der Waals surface area (Å²) in [6, 6.07) is 5.38. The zero-order chi connectivity index (χ0) is 17.6. The highest BCUT2D eigenvalue weighted by molar-refractivity contribution is 7.16. The zero-order valence-corrected chi connectivity index (χ0v) is 13.3. The van der Waals surface area contributed by atoms with Crippen LogP contribution >= 0.6 is 11.3 Å². The Morgan fingerprint density at radius 2 is 2.16 bits per heavy atom. The molecule has 0 fully saturated rings. The number of H-pyrrole nitrogens is 1. The number of carbonyl (C=O) groups excluding carboxylic acids is 1. The maximum Gasteiger partial charge on any atom is 0.432 e. The van der Waals surface area contributed by atoms with Crippen LogP contribution in [0.2, 0.25) is 0 Å². The average Bonchev–Trinajstić information content (AvgIpc) is 3.22. The highest BCUT2D eigenvalue weighted by atomic mass is 32.1. The summed E-state index contributed by atoms with van der Waals surface area (Å²) in [4.78, 5) is 23.4. The topological polar surface area (TPSA) is 75.1 Å². The standard InChI is InChI=1S/C15H10F3N5OS/c16-15(17,18)11-5-25-14-13(21-7-23(11)14)22-12(24)4-8-1-2-9-10(3-8)20-6-19-9/h1-3,5-7H,4H2,(H,19,20)(H,22,24). The molecule has 6 nitrogen and oxygen atoms in total. The van der Waals surface area contributed by atoms with Gasteiger partial charge in [0, 0.05) is 5.38 Å². The predicted octanol–water partition coefficient (Wildman–Crippen LogP) is 3.47. The fourth-order valence-corrected chi connectivity index (χ4v) is 3.47. The number of nitrogens with zero attached hydrogens (tertiary/aromatic N) is 3. The van der Waals surface area contributed by atoms with Gasteiger partial charge in [0.2, 0.25) is 5.91 Å². The molecule has 3 heterocycles. The molecule has 3 aromatic heterocycles. The molecule has 0 atom stereocenters. The van der Waals surface area contributed by atoms with E-state index in [0.29, 0.717) is 0 Å². The highest BCUT2D eigenvalue weighted by Crippen LogP contribution is 2.34. The van der Waals surface area contributed by atoms with E-state index in [1.807, 2.05) is 6.07 Å². The number of aromatic nitrogens is 4. The van der Waals surface area contributed by atoms with E-state index < -0.39 is 11.9 Å². The third-order valence-electron chi connectivity index (χ3n) is 3.66. The van der Waals surface area contributed by atoms with Gasteiger partial charge >= 0.3 is 6.18 Å². The Morgan fingerprint density at radius 1 is 1.32 bits per heavy atom. The molecule has 0 bridgehead atoms. The molecule has 0 aliphatic heterocycles. The number of fused-ring (bicyclic) bond motifs is 2. The summed E-state index contributed by atoms with van der Waals surface area (Å²) in [5.41, 5.74) is 1.53. The Labute approximate surface area is 142 Å². The first-order valence-corrected chi connectivity index (χ1v) is 8.03. The number of hydrogen-bond donors (Lipinski definition) is 2. The van der Waals surface area contributed by atoms with Gasteiger partial charge in [-0.2, -0.15) is 13.2 Å². The van der Waals surface area contributed by atoms with E-state index in [2.05, 4.69) is 20.3 Å². The highest BCUT2D eigenvalue weighted by Gasteiger charge is 2.35. The molecule has 4 aromatic rings. The second kappa shape index (κ2) is 5.59. The number of carbonyl (C=O) groups is 1. The maximum absolute atomic E-state index is 12.9. The van der Waals surface area contributed by atoms with Crippen LogP contribution in [0.15, 0.2) is 36.2 Å². The van der Waals surface area contributed by atoms with Crippen molar-refractivity contribution < 1.29 is 18.0 Å². The number of alkyl halides is 3. The minimum atomic E-state index is -4.47. The lowest BCUT2D eigenvalue weighted by Gasteiger charge is -2.03. The Morgan fingerprint density at radius 3 is 2.96 bits per heavy atom. The monoisotopic (exact) mass is 365 g/mol. The molecule has 0 spiro atoms. The van der Waals surface area contributed by atoms with Crippen LogP contribution in [0.1, 0.15) is 11.3 Å². The summed E-state index contributed by atoms with van der Waals surface area (Å²) in [7, 11) is 0. The van der Waals surface area contributed by atoms with Crippen molar-refractivity contribution in [3.05, 3.63) is 47.5 Å². The SMILES string of the molecule is O=C(Cc1ccc2[nH]cnc2c1)Nc1ncn2c(C(F)(F)F)csc12. The summed E-state index contributed by atoms with van der Waals surface area (Å²) in [6.07, 6.45) is -1.79. The molecule has 2 N–H and O–H groups in total. The van der Waals surface area contributed by atoms with Crippen LogP contribution in [0.25, 0.3) is 15.9 Å². The first kappa shape index (κ1) is 15.6. The van der Waals surface area contributed by atoms with E-state index in [1.54, 1.807) is 18.5 Å². The van der Waals surface area contributed by atoms with Crippen molar-refractivity contribution in [3.8, 4) is 0 Å². The summed E-state index contributed by atoms with van der Waals surface area (Å²) < 4.78 is 39.5. The normalized spacial score (nSPS) is 12.1. The van der Waals surface area contributed by atoms with Gasteiger partial charge in [0.25, 0.3) is 0 Å². The zero-order valence-electron chi connectivity index (χ0n) is 12.5. The Balaban J connectivity index is 1.54. The van der Waals surface area contributed by atoms with E-state index in [4.69, 9.17) is 0 Å². The molecule has 0 aliphatic rings. The third-order valence-corrected chi connectivity index (χ3v) is 4.62. The van der Waals surface area contributed by atoms with Crippen molar-refractivity contribution in [2.45, 2.75) is 12.6 Å². The van der Waals surface area contributed by atoms with Gasteiger partial charge in [0.05, 0.1) is 23.8 Å². The van der Waals surface area contributed by atoms with Gasteiger partial charge in [-0.25, -0.2) is 9.97 Å². The van der Waals surface area contributed by atoms with Crippen LogP contribution in [-0.2, 0) is 17.4 Å². The molecular formula is C15H10F3N5OS. The number of imidazole rings is 2. The molecule has 1 aromatic carbocycles. The lowest BCUT2D eigenvalue weighted by Crippen LogP contribution is -2.14. The minimum absolute atomic E-state index is 0.0688. The van der Waals surface area contributed by atoms with Gasteiger partial charge in [0.1, 0.15) is 16.9 Å². The van der Waals surface area contributed by atoms with E-state index >= 15 is 0 Å². The number of anilines is 1. The lowest BCUT2D eigenvalue weighted by molar-refractivity contribution is -0.141. The van der Waals surface area contributed by atoms with Crippen molar-refractivity contribution in [2.24, 2.45) is 0 Å². The van der Waals surface area contributed by atoms with E-state index in [0.717, 1.165) is 44.0 Å². The molecule has 0 radical (unpaired) electrons. The predicted molar refractivity (Wildman–Crippen MR) is 86.5 cm³/mol. The van der Waals surface area contributed by atoms with Crippen molar-refractivity contribution >= 4 is 38.9 Å². The second-order valence-corrected chi connectivity index (χ2v) is 6.22. The van der Waals surface area contributed by atoms with Crippen LogP contribution in [-0.4, -0.2) is 25.3 Å². The molecule has 25 heavy (non-hydrogen) atoms. The Bertz CT molecular complexity index is 1080. The molecule has 4 rings (SSSR count). The lowest BCUT2D eigenvalue weighted by atomic mass is 10.1. The number of benzene rings is 1. The quantitative estimate of drug-likeness (QED) is 0.584. The van der Waals surface area contributed by atoms with Gasteiger partial charge in [-0.3, -0.25) is 9.20 Å². The van der Waals surface area contributed by atoms with Crippen molar-refractivity contribution in [2.75, 3.05) is 5.32 Å². The largest absolute Gasteiger partial charge is 0.432 e. The van der Waals surface area contributed by atoms with Gasteiger partial charge in [-0.05, 0) is 17.7 Å². The van der Waals surface area contributed by atoms with E-state index in [-0.39, 0.29) is 23.0 Å². The van der Waals surface area contributed by atoms with Gasteiger partial charge in [-0.15, -0.1) is 11.3 Å². The number of aromatic amines is 1. The number of halogens is 3. The van der Waals surface area contributed by atoms with Crippen molar-refractivity contribution in [1.29, 1.82) is 0 Å². The van der Waals surface area contributed by atoms with E-state index in [9.17, 15) is 18.0 Å². The smallest absolute Gasteiger partial charge is 0.345 e. The van der Waals surface area contributed by atoms with E-state index in [1.165, 1.54) is 0 Å². The molecule has 0 saturated carbocycles. The number of thiazole rings is 1. The molecule has 0 aliphatic carbocycles. The molecule has 1 amide bonds. The first-order valence-electron chi connectivity index (χ1n) is 7.15. The number of rotatable bonds is 3. The van der Waals surface area contributed by atoms with Gasteiger partial charge in [-0.1, -0.05) is 6.07 Å². The first-order chi connectivity index (χ1) is 11.9. The number of hydrogen-bond acceptors (Lipinski definition) is 4. The Kier molecular flexibility index (Phi) is 3.49. The molecule has 128 valence electrons. The van der Waals surface area contributed by atoms with Crippen LogP contribution in [0.3, 0.4) is 0 Å². The minimum Gasteiger partial charge on any atom is -0.345 e. The number of amides is 1. The fraction of sp³-hybridized carbons (Fsp3) is 0.133. The van der Waals surface area contributed by atoms with Gasteiger partial charge < -0.3 is 10.3 Å². The fourth-order valence-electron chi connectivity index (χ4n) is 2.53. The van der Waals surface area contributed by atoms with Crippen LogP contribution in [0, 0.1) is 0 Å². The third kappa shape index (κ3) is 2.84. The van der Waals surface area contributed by atoms with Crippen molar-refractivity contribution in [1.82, 2.24) is 19.4 Å². The van der Waals surface area contributed by atoms with Crippen molar-refractivity contribution in [3.63, 3.8) is 0 Å².